The quantitative estimate of drug-likeness (QED) is 0.620. The zero-order valence-electron chi connectivity index (χ0n) is 13.0. The molecule has 7 nitrogen and oxygen atoms in total. The van der Waals surface area contributed by atoms with Gasteiger partial charge in [0.2, 0.25) is 0 Å². The number of nitro benzene ring substituents is 1. The lowest BCUT2D eigenvalue weighted by Gasteiger charge is -2.36. The second-order valence-electron chi connectivity index (χ2n) is 6.09. The van der Waals surface area contributed by atoms with Gasteiger partial charge in [-0.1, -0.05) is 0 Å². The molecule has 2 aliphatic rings. The molecule has 2 fully saturated rings. The third-order valence-corrected chi connectivity index (χ3v) is 4.55. The Morgan fingerprint density at radius 3 is 2.74 bits per heavy atom. The van der Waals surface area contributed by atoms with Crippen molar-refractivity contribution < 1.29 is 9.66 Å². The van der Waals surface area contributed by atoms with Gasteiger partial charge in [-0.05, 0) is 24.5 Å². The van der Waals surface area contributed by atoms with E-state index >= 15 is 0 Å². The van der Waals surface area contributed by atoms with E-state index in [9.17, 15) is 10.1 Å². The number of rotatable bonds is 4. The van der Waals surface area contributed by atoms with Crippen molar-refractivity contribution in [3.8, 4) is 6.07 Å². The lowest BCUT2D eigenvalue weighted by molar-refractivity contribution is -0.384. The second kappa shape index (κ2) is 6.94. The van der Waals surface area contributed by atoms with Crippen molar-refractivity contribution in [2.45, 2.75) is 6.42 Å². The van der Waals surface area contributed by atoms with Gasteiger partial charge in [0.25, 0.3) is 5.69 Å². The molecular formula is C16H20N4O3. The van der Waals surface area contributed by atoms with E-state index in [-0.39, 0.29) is 5.69 Å². The van der Waals surface area contributed by atoms with Crippen LogP contribution in [0.2, 0.25) is 0 Å². The van der Waals surface area contributed by atoms with E-state index in [0.29, 0.717) is 17.2 Å². The number of benzene rings is 1. The van der Waals surface area contributed by atoms with Crippen LogP contribution in [0.3, 0.4) is 0 Å². The van der Waals surface area contributed by atoms with Crippen molar-refractivity contribution in [1.29, 1.82) is 5.26 Å². The normalized spacial score (nSPS) is 22.0. The average molecular weight is 316 g/mol. The summed E-state index contributed by atoms with van der Waals surface area (Å²) in [6.45, 7) is 6.08. The van der Waals surface area contributed by atoms with Crippen LogP contribution in [0.1, 0.15) is 12.0 Å². The monoisotopic (exact) mass is 316 g/mol. The van der Waals surface area contributed by atoms with Crippen LogP contribution in [0.25, 0.3) is 0 Å². The van der Waals surface area contributed by atoms with Gasteiger partial charge < -0.3 is 9.64 Å². The Labute approximate surface area is 135 Å². The number of nitro groups is 1. The highest BCUT2D eigenvalue weighted by Gasteiger charge is 2.26. The minimum atomic E-state index is -0.404. The Morgan fingerprint density at radius 2 is 2.13 bits per heavy atom. The number of anilines is 1. The summed E-state index contributed by atoms with van der Waals surface area (Å²) in [4.78, 5) is 15.3. The van der Waals surface area contributed by atoms with Crippen molar-refractivity contribution in [1.82, 2.24) is 4.90 Å². The first-order valence-electron chi connectivity index (χ1n) is 7.91. The summed E-state index contributed by atoms with van der Waals surface area (Å²) in [5.74, 6) is 0.616. The fourth-order valence-corrected chi connectivity index (χ4v) is 3.27. The van der Waals surface area contributed by atoms with Gasteiger partial charge in [0.05, 0.1) is 23.2 Å². The number of nitriles is 1. The van der Waals surface area contributed by atoms with E-state index in [4.69, 9.17) is 10.00 Å². The Balaban J connectivity index is 1.65. The summed E-state index contributed by atoms with van der Waals surface area (Å²) < 4.78 is 5.41. The molecular weight excluding hydrogens is 296 g/mol. The zero-order chi connectivity index (χ0) is 16.2. The van der Waals surface area contributed by atoms with Crippen molar-refractivity contribution >= 4 is 11.4 Å². The molecule has 0 aliphatic carbocycles. The van der Waals surface area contributed by atoms with Gasteiger partial charge in [-0.25, -0.2) is 0 Å². The number of hydrogen-bond acceptors (Lipinski definition) is 6. The minimum absolute atomic E-state index is 0.0155. The van der Waals surface area contributed by atoms with Crippen molar-refractivity contribution in [3.63, 3.8) is 0 Å². The van der Waals surface area contributed by atoms with Crippen LogP contribution in [0.5, 0.6) is 0 Å². The first kappa shape index (κ1) is 15.7. The molecule has 1 unspecified atom stereocenters. The molecule has 1 atom stereocenters. The molecule has 0 amide bonds. The minimum Gasteiger partial charge on any atom is -0.381 e. The maximum Gasteiger partial charge on any atom is 0.293 e. The van der Waals surface area contributed by atoms with Crippen LogP contribution in [-0.4, -0.2) is 55.8 Å². The van der Waals surface area contributed by atoms with Gasteiger partial charge in [0, 0.05) is 45.4 Å². The van der Waals surface area contributed by atoms with Crippen LogP contribution in [0, 0.1) is 27.4 Å². The number of hydrogen-bond donors (Lipinski definition) is 0. The highest BCUT2D eigenvalue weighted by Crippen LogP contribution is 2.30. The van der Waals surface area contributed by atoms with E-state index in [1.54, 1.807) is 12.1 Å². The molecule has 0 saturated carbocycles. The van der Waals surface area contributed by atoms with E-state index in [2.05, 4.69) is 4.90 Å². The van der Waals surface area contributed by atoms with Gasteiger partial charge in [-0.2, -0.15) is 5.26 Å². The summed E-state index contributed by atoms with van der Waals surface area (Å²) >= 11 is 0. The molecule has 0 N–H and O–H groups in total. The smallest absolute Gasteiger partial charge is 0.293 e. The topological polar surface area (TPSA) is 82.6 Å². The van der Waals surface area contributed by atoms with Crippen molar-refractivity contribution in [3.05, 3.63) is 33.9 Å². The van der Waals surface area contributed by atoms with E-state index in [1.807, 2.05) is 11.0 Å². The Morgan fingerprint density at radius 1 is 1.35 bits per heavy atom. The summed E-state index contributed by atoms with van der Waals surface area (Å²) in [6, 6.07) is 6.65. The predicted octanol–water partition coefficient (Wildman–Crippen LogP) is 1.62. The second-order valence-corrected chi connectivity index (χ2v) is 6.09. The third kappa shape index (κ3) is 3.60. The molecule has 0 spiro atoms. The van der Waals surface area contributed by atoms with Gasteiger partial charge in [0.1, 0.15) is 5.69 Å². The first-order valence-corrected chi connectivity index (χ1v) is 7.91. The van der Waals surface area contributed by atoms with Crippen LogP contribution >= 0.6 is 0 Å². The molecule has 122 valence electrons. The molecule has 3 rings (SSSR count). The predicted molar refractivity (Wildman–Crippen MR) is 85.4 cm³/mol. The Bertz CT molecular complexity index is 614. The van der Waals surface area contributed by atoms with E-state index in [0.717, 1.165) is 52.4 Å². The first-order chi connectivity index (χ1) is 11.2. The summed E-state index contributed by atoms with van der Waals surface area (Å²) in [5, 5.41) is 20.2. The van der Waals surface area contributed by atoms with Crippen LogP contribution in [0.4, 0.5) is 11.4 Å². The van der Waals surface area contributed by atoms with E-state index in [1.165, 1.54) is 6.07 Å². The summed E-state index contributed by atoms with van der Waals surface area (Å²) in [5.41, 5.74) is 0.944. The van der Waals surface area contributed by atoms with Gasteiger partial charge >= 0.3 is 0 Å². The third-order valence-electron chi connectivity index (χ3n) is 4.55. The molecule has 2 heterocycles. The van der Waals surface area contributed by atoms with Gasteiger partial charge in [-0.3, -0.25) is 15.0 Å². The molecule has 1 aromatic carbocycles. The standard InChI is InChI=1S/C16H20N4O3/c17-10-13-1-2-15(16(9-13)20(21)22)19-6-4-18(5-7-19)11-14-3-8-23-12-14/h1-2,9,14H,3-8,11-12H2. The molecule has 0 bridgehead atoms. The van der Waals surface area contributed by atoms with Crippen LogP contribution < -0.4 is 4.90 Å². The SMILES string of the molecule is N#Cc1ccc(N2CCN(CC3CCOC3)CC2)c([N+](=O)[O-])c1. The lowest BCUT2D eigenvalue weighted by Crippen LogP contribution is -2.48. The van der Waals surface area contributed by atoms with Crippen LogP contribution in [-0.2, 0) is 4.74 Å². The highest BCUT2D eigenvalue weighted by atomic mass is 16.6. The lowest BCUT2D eigenvalue weighted by atomic mass is 10.1. The number of piperazine rings is 1. The van der Waals surface area contributed by atoms with Crippen molar-refractivity contribution in [2.24, 2.45) is 5.92 Å². The Hall–Kier alpha value is -2.17. The molecule has 2 saturated heterocycles. The number of ether oxygens (including phenoxy) is 1. The Kier molecular flexibility index (Phi) is 4.74. The fraction of sp³-hybridized carbons (Fsp3) is 0.562. The van der Waals surface area contributed by atoms with E-state index < -0.39 is 4.92 Å². The summed E-state index contributed by atoms with van der Waals surface area (Å²) in [7, 11) is 0. The zero-order valence-corrected chi connectivity index (χ0v) is 13.0. The van der Waals surface area contributed by atoms with Gasteiger partial charge in [0.15, 0.2) is 0 Å². The molecule has 1 aromatic rings. The van der Waals surface area contributed by atoms with Gasteiger partial charge in [-0.15, -0.1) is 0 Å². The largest absolute Gasteiger partial charge is 0.381 e. The fourth-order valence-electron chi connectivity index (χ4n) is 3.27. The van der Waals surface area contributed by atoms with Crippen molar-refractivity contribution in [2.75, 3.05) is 50.8 Å². The average Bonchev–Trinajstić information content (AvgIpc) is 3.08. The maximum atomic E-state index is 11.3. The molecule has 23 heavy (non-hydrogen) atoms. The number of nitrogens with zero attached hydrogens (tertiary/aromatic N) is 4. The molecule has 2 aliphatic heterocycles. The highest BCUT2D eigenvalue weighted by molar-refractivity contribution is 5.65. The maximum absolute atomic E-state index is 11.3. The molecule has 7 heteroatoms. The summed E-state index contributed by atoms with van der Waals surface area (Å²) in [6.07, 6.45) is 1.13. The molecule has 0 radical (unpaired) electrons. The molecule has 0 aromatic heterocycles. The van der Waals surface area contributed by atoms with Crippen LogP contribution in [0.15, 0.2) is 18.2 Å².